The molecule has 2 N–H and O–H groups in total. The number of aromatic hydroxyl groups is 2. The Labute approximate surface area is 218 Å². The second-order valence-electron chi connectivity index (χ2n) is 5.47. The first-order chi connectivity index (χ1) is 15.9. The van der Waals surface area contributed by atoms with Crippen molar-refractivity contribution in [3.63, 3.8) is 0 Å². The van der Waals surface area contributed by atoms with E-state index < -0.39 is 46.4 Å². The first-order valence-corrected chi connectivity index (χ1v) is 11.4. The summed E-state index contributed by atoms with van der Waals surface area (Å²) in [6, 6.07) is 8.34. The molecule has 0 heterocycles. The van der Waals surface area contributed by atoms with Gasteiger partial charge in [-0.25, -0.2) is 13.2 Å². The van der Waals surface area contributed by atoms with E-state index in [2.05, 4.69) is 31.9 Å². The lowest BCUT2D eigenvalue weighted by molar-refractivity contribution is 0.313. The second-order valence-corrected chi connectivity index (χ2v) is 7.99. The zero-order chi connectivity index (χ0) is 26.4. The van der Waals surface area contributed by atoms with Gasteiger partial charge in [0.1, 0.15) is 0 Å². The number of hydrogen-bond donors (Lipinski definition) is 2. The lowest BCUT2D eigenvalue weighted by Crippen LogP contribution is -1.97. The van der Waals surface area contributed by atoms with E-state index in [1.807, 2.05) is 0 Å². The molecule has 0 aliphatic carbocycles. The monoisotopic (exact) mass is 658 g/mol. The number of phenols is 2. The summed E-state index contributed by atoms with van der Waals surface area (Å²) in [6.07, 6.45) is 0. The fourth-order valence-electron chi connectivity index (χ4n) is 1.78. The number of phenolic OH excluding ortho intramolecular Hbond substituents is 2. The van der Waals surface area contributed by atoms with Gasteiger partial charge in [-0.05, 0) is 75.2 Å². The van der Waals surface area contributed by atoms with E-state index >= 15 is 0 Å². The third-order valence-corrected chi connectivity index (χ3v) is 4.47. The number of rotatable bonds is 2. The third-order valence-electron chi connectivity index (χ3n) is 3.25. The number of hydrogen-bond acceptors (Lipinski definition) is 3. The van der Waals surface area contributed by atoms with Gasteiger partial charge in [0.05, 0.1) is 20.9 Å². The highest BCUT2D eigenvalue weighted by atomic mass is 79.9. The molecule has 3 nitrogen and oxygen atoms in total. The summed E-state index contributed by atoms with van der Waals surface area (Å²) in [5, 5.41) is 17.3. The standard InChI is InChI=1S/C8H7BrF2O.C6H3BrF2O.C6H4F2O.CH2Cl2/c1-2-12-6-4-3-5(9)7(10)8(6)11;7-3-1-2-4(10)6(9)5(3)8;7-4-2-1-3-5(9)6(4)8;2-1-3/h3-4H,2H2,1H3;1-2,10H;1-3,9H;1H2. The van der Waals surface area contributed by atoms with E-state index in [1.165, 1.54) is 24.3 Å². The van der Waals surface area contributed by atoms with Crippen LogP contribution in [-0.2, 0) is 0 Å². The number of alkyl halides is 2. The lowest BCUT2D eigenvalue weighted by Gasteiger charge is -2.04. The minimum absolute atomic E-state index is 0.00259. The predicted molar refractivity (Wildman–Crippen MR) is 126 cm³/mol. The van der Waals surface area contributed by atoms with Gasteiger partial charge in [0.25, 0.3) is 0 Å². The van der Waals surface area contributed by atoms with Gasteiger partial charge in [-0.1, -0.05) is 6.07 Å². The fourth-order valence-corrected chi connectivity index (χ4v) is 2.40. The van der Waals surface area contributed by atoms with Gasteiger partial charge in [-0.3, -0.25) is 0 Å². The molecule has 0 aliphatic rings. The second kappa shape index (κ2) is 16.7. The molecule has 3 aromatic carbocycles. The molecule has 0 unspecified atom stereocenters. The Morgan fingerprint density at radius 1 is 0.706 bits per heavy atom. The van der Waals surface area contributed by atoms with Crippen molar-refractivity contribution in [3.8, 4) is 17.2 Å². The largest absolute Gasteiger partial charge is 0.505 e. The van der Waals surface area contributed by atoms with Gasteiger partial charge in [-0.15, -0.1) is 23.2 Å². The Morgan fingerprint density at radius 3 is 1.62 bits per heavy atom. The number of halogens is 10. The van der Waals surface area contributed by atoms with Gasteiger partial charge in [0, 0.05) is 0 Å². The Hall–Kier alpha value is -1.82. The average Bonchev–Trinajstić information content (AvgIpc) is 2.80. The van der Waals surface area contributed by atoms with Crippen molar-refractivity contribution >= 4 is 55.1 Å². The van der Waals surface area contributed by atoms with Crippen LogP contribution in [0.2, 0.25) is 0 Å². The van der Waals surface area contributed by atoms with Crippen LogP contribution >= 0.6 is 55.1 Å². The van der Waals surface area contributed by atoms with E-state index in [-0.39, 0.29) is 20.0 Å². The molecular weight excluding hydrogens is 645 g/mol. The smallest absolute Gasteiger partial charge is 0.201 e. The summed E-state index contributed by atoms with van der Waals surface area (Å²) in [7, 11) is 0. The van der Waals surface area contributed by atoms with Crippen molar-refractivity contribution in [2.75, 3.05) is 11.9 Å². The lowest BCUT2D eigenvalue weighted by atomic mass is 10.3. The molecule has 0 saturated carbocycles. The van der Waals surface area contributed by atoms with Gasteiger partial charge in [-0.2, -0.15) is 13.2 Å². The number of ether oxygens (including phenoxy) is 1. The maximum absolute atomic E-state index is 12.9. The first kappa shape index (κ1) is 32.2. The summed E-state index contributed by atoms with van der Waals surface area (Å²) in [6.45, 7) is 2.03. The van der Waals surface area contributed by atoms with Crippen molar-refractivity contribution in [1.82, 2.24) is 0 Å². The van der Waals surface area contributed by atoms with Crippen LogP contribution in [0, 0.1) is 34.9 Å². The van der Waals surface area contributed by atoms with E-state index in [9.17, 15) is 26.3 Å². The molecule has 0 aromatic heterocycles. The van der Waals surface area contributed by atoms with Crippen LogP contribution in [0.5, 0.6) is 17.2 Å². The highest BCUT2D eigenvalue weighted by Gasteiger charge is 2.12. The van der Waals surface area contributed by atoms with Crippen LogP contribution in [-0.4, -0.2) is 22.2 Å². The maximum Gasteiger partial charge on any atom is 0.201 e. The topological polar surface area (TPSA) is 49.7 Å². The van der Waals surface area contributed by atoms with Crippen LogP contribution < -0.4 is 4.74 Å². The van der Waals surface area contributed by atoms with Crippen LogP contribution in [0.15, 0.2) is 51.4 Å². The van der Waals surface area contributed by atoms with Crippen molar-refractivity contribution in [1.29, 1.82) is 0 Å². The molecule has 0 aliphatic heterocycles. The van der Waals surface area contributed by atoms with Crippen LogP contribution in [0.1, 0.15) is 6.92 Å². The summed E-state index contributed by atoms with van der Waals surface area (Å²) >= 11 is 15.1. The van der Waals surface area contributed by atoms with E-state index in [4.69, 9.17) is 38.2 Å². The molecule has 0 radical (unpaired) electrons. The van der Waals surface area contributed by atoms with Gasteiger partial charge >= 0.3 is 0 Å². The highest BCUT2D eigenvalue weighted by molar-refractivity contribution is 9.10. The Balaban J connectivity index is 0.000000458. The van der Waals surface area contributed by atoms with Gasteiger partial charge in [0.2, 0.25) is 11.6 Å². The minimum atomic E-state index is -1.23. The molecule has 3 rings (SSSR count). The quantitative estimate of drug-likeness (QED) is 0.164. The Bertz CT molecular complexity index is 1010. The first-order valence-electron chi connectivity index (χ1n) is 8.76. The Morgan fingerprint density at radius 2 is 1.18 bits per heavy atom. The molecule has 3 aromatic rings. The summed E-state index contributed by atoms with van der Waals surface area (Å²) < 4.78 is 79.6. The van der Waals surface area contributed by atoms with Crippen molar-refractivity contribution in [2.24, 2.45) is 0 Å². The zero-order valence-electron chi connectivity index (χ0n) is 17.0. The van der Waals surface area contributed by atoms with E-state index in [0.717, 1.165) is 18.2 Å². The highest BCUT2D eigenvalue weighted by Crippen LogP contribution is 2.26. The fraction of sp³-hybridized carbons (Fsp3) is 0.143. The predicted octanol–water partition coefficient (Wildman–Crippen LogP) is 8.65. The molecule has 0 spiro atoms. The summed E-state index contributed by atoms with van der Waals surface area (Å²) in [5.74, 6) is -7.79. The van der Waals surface area contributed by atoms with Gasteiger partial charge in [0.15, 0.2) is 40.5 Å². The molecule has 13 heteroatoms. The van der Waals surface area contributed by atoms with Gasteiger partial charge < -0.3 is 14.9 Å². The van der Waals surface area contributed by atoms with Crippen molar-refractivity contribution < 1.29 is 41.3 Å². The molecule has 0 bridgehead atoms. The SMILES string of the molecule is CCOc1ccc(Br)c(F)c1F.ClCCl.Oc1ccc(Br)c(F)c1F.Oc1cccc(F)c1F. The molecule has 0 fully saturated rings. The normalized spacial score (nSPS) is 9.50. The summed E-state index contributed by atoms with van der Waals surface area (Å²) in [5.41, 5.74) is 0. The molecular formula is C21H16Br2Cl2F6O3. The van der Waals surface area contributed by atoms with Crippen LogP contribution in [0.4, 0.5) is 26.3 Å². The van der Waals surface area contributed by atoms with Crippen molar-refractivity contribution in [2.45, 2.75) is 6.92 Å². The number of benzene rings is 3. The molecule has 0 saturated heterocycles. The molecule has 0 atom stereocenters. The van der Waals surface area contributed by atoms with Crippen molar-refractivity contribution in [3.05, 3.63) is 86.3 Å². The molecule has 34 heavy (non-hydrogen) atoms. The zero-order valence-corrected chi connectivity index (χ0v) is 21.7. The molecule has 0 amide bonds. The molecule has 188 valence electrons. The van der Waals surface area contributed by atoms with Crippen LogP contribution in [0.25, 0.3) is 0 Å². The average molecular weight is 661 g/mol. The minimum Gasteiger partial charge on any atom is -0.505 e. The summed E-state index contributed by atoms with van der Waals surface area (Å²) in [4.78, 5) is 0. The maximum atomic E-state index is 12.9. The van der Waals surface area contributed by atoms with E-state index in [1.54, 1.807) is 6.92 Å². The third kappa shape index (κ3) is 10.6. The Kier molecular flexibility index (Phi) is 15.9. The van der Waals surface area contributed by atoms with Crippen LogP contribution in [0.3, 0.4) is 0 Å². The van der Waals surface area contributed by atoms with E-state index in [0.29, 0.717) is 6.61 Å².